The number of carbonyl (C=O) groups is 2. The van der Waals surface area contributed by atoms with Crippen LogP contribution in [-0.4, -0.2) is 29.3 Å². The highest BCUT2D eigenvalue weighted by molar-refractivity contribution is 5.98. The van der Waals surface area contributed by atoms with Crippen LogP contribution >= 0.6 is 0 Å². The molecule has 31 heavy (non-hydrogen) atoms. The van der Waals surface area contributed by atoms with E-state index in [4.69, 9.17) is 0 Å². The molecule has 3 rings (SSSR count). The van der Waals surface area contributed by atoms with Crippen molar-refractivity contribution in [3.05, 3.63) is 64.7 Å². The van der Waals surface area contributed by atoms with E-state index in [0.29, 0.717) is 37.1 Å². The van der Waals surface area contributed by atoms with Gasteiger partial charge in [0.15, 0.2) is 0 Å². The molecule has 2 amide bonds. The largest absolute Gasteiger partial charge is 0.419 e. The van der Waals surface area contributed by atoms with Crippen LogP contribution in [0.25, 0.3) is 0 Å². The molecule has 2 aromatic carbocycles. The lowest BCUT2D eigenvalue weighted by molar-refractivity contribution is -0.140. The molecule has 9 heteroatoms. The lowest BCUT2D eigenvalue weighted by atomic mass is 9.88. The van der Waals surface area contributed by atoms with Gasteiger partial charge >= 0.3 is 6.18 Å². The first-order chi connectivity index (χ1) is 14.5. The highest BCUT2D eigenvalue weighted by Gasteiger charge is 2.38. The van der Waals surface area contributed by atoms with Crippen molar-refractivity contribution in [3.8, 4) is 0 Å². The summed E-state index contributed by atoms with van der Waals surface area (Å²) in [5, 5.41) is 2.39. The van der Waals surface area contributed by atoms with Gasteiger partial charge < -0.3 is 10.2 Å². The Morgan fingerprint density at radius 2 is 1.81 bits per heavy atom. The summed E-state index contributed by atoms with van der Waals surface area (Å²) in [5.74, 6) is -3.94. The van der Waals surface area contributed by atoms with Crippen LogP contribution in [0.1, 0.15) is 41.3 Å². The van der Waals surface area contributed by atoms with Gasteiger partial charge in [0.25, 0.3) is 5.91 Å². The normalized spacial score (nSPS) is 19.3. The third kappa shape index (κ3) is 4.70. The molecule has 166 valence electrons. The summed E-state index contributed by atoms with van der Waals surface area (Å²) in [6, 6.07) is 5.90. The SMILES string of the molecule is Cc1cccc(F)c1C(=O)N1CCC[C@H](C(=O)Nc2ccc(F)c(C(F)(F)F)c2)[C@@H]1C. The van der Waals surface area contributed by atoms with E-state index < -0.39 is 47.1 Å². The van der Waals surface area contributed by atoms with Gasteiger partial charge in [0, 0.05) is 18.3 Å². The molecule has 0 radical (unpaired) electrons. The summed E-state index contributed by atoms with van der Waals surface area (Å²) in [4.78, 5) is 27.1. The molecule has 1 fully saturated rings. The number of anilines is 1. The van der Waals surface area contributed by atoms with E-state index in [0.717, 1.165) is 6.07 Å². The lowest BCUT2D eigenvalue weighted by Gasteiger charge is -2.39. The van der Waals surface area contributed by atoms with Crippen molar-refractivity contribution in [1.29, 1.82) is 0 Å². The molecule has 2 atom stereocenters. The van der Waals surface area contributed by atoms with Gasteiger partial charge in [-0.1, -0.05) is 12.1 Å². The van der Waals surface area contributed by atoms with Crippen molar-refractivity contribution in [3.63, 3.8) is 0 Å². The van der Waals surface area contributed by atoms with Crippen LogP contribution in [0.2, 0.25) is 0 Å². The van der Waals surface area contributed by atoms with Crippen LogP contribution in [0.5, 0.6) is 0 Å². The topological polar surface area (TPSA) is 49.4 Å². The second-order valence-electron chi connectivity index (χ2n) is 7.60. The maximum absolute atomic E-state index is 14.2. The van der Waals surface area contributed by atoms with Crippen molar-refractivity contribution in [2.75, 3.05) is 11.9 Å². The molecule has 1 heterocycles. The summed E-state index contributed by atoms with van der Waals surface area (Å²) < 4.78 is 66.5. The Morgan fingerprint density at radius 3 is 2.45 bits per heavy atom. The zero-order chi connectivity index (χ0) is 22.9. The van der Waals surface area contributed by atoms with Gasteiger partial charge in [0.2, 0.25) is 5.91 Å². The molecule has 0 bridgehead atoms. The van der Waals surface area contributed by atoms with Gasteiger partial charge in [-0.3, -0.25) is 9.59 Å². The predicted molar refractivity (Wildman–Crippen MR) is 104 cm³/mol. The second-order valence-corrected chi connectivity index (χ2v) is 7.60. The Labute approximate surface area is 176 Å². The number of hydrogen-bond donors (Lipinski definition) is 1. The smallest absolute Gasteiger partial charge is 0.335 e. The fourth-order valence-electron chi connectivity index (χ4n) is 3.88. The molecule has 1 aliphatic rings. The number of nitrogens with zero attached hydrogens (tertiary/aromatic N) is 1. The molecular formula is C22H21F5N2O2. The van der Waals surface area contributed by atoms with Gasteiger partial charge in [-0.15, -0.1) is 0 Å². The standard InChI is InChI=1S/C22H21F5N2O2/c1-12-5-3-7-18(24)19(12)21(31)29-10-4-6-15(13(29)2)20(30)28-14-8-9-17(23)16(11-14)22(25,26)27/h3,5,7-9,11,13,15H,4,6,10H2,1-2H3,(H,28,30)/t13-,15-/m0/s1. The number of amides is 2. The fraction of sp³-hybridized carbons (Fsp3) is 0.364. The Morgan fingerprint density at radius 1 is 1.10 bits per heavy atom. The Balaban J connectivity index is 1.79. The molecule has 0 unspecified atom stereocenters. The molecule has 2 aromatic rings. The summed E-state index contributed by atoms with van der Waals surface area (Å²) in [6.45, 7) is 3.58. The van der Waals surface area contributed by atoms with E-state index in [-0.39, 0.29) is 11.3 Å². The predicted octanol–water partition coefficient (Wildman–Crippen LogP) is 5.17. The highest BCUT2D eigenvalue weighted by Crippen LogP contribution is 2.34. The van der Waals surface area contributed by atoms with Gasteiger partial charge in [-0.2, -0.15) is 13.2 Å². The molecule has 1 aliphatic heterocycles. The zero-order valence-corrected chi connectivity index (χ0v) is 16.9. The number of piperidine rings is 1. The fourth-order valence-corrected chi connectivity index (χ4v) is 3.88. The first-order valence-corrected chi connectivity index (χ1v) is 9.74. The summed E-state index contributed by atoms with van der Waals surface area (Å²) >= 11 is 0. The number of nitrogens with one attached hydrogen (secondary N) is 1. The van der Waals surface area contributed by atoms with Gasteiger partial charge in [-0.05, 0) is 56.5 Å². The number of carbonyl (C=O) groups excluding carboxylic acids is 2. The zero-order valence-electron chi connectivity index (χ0n) is 16.9. The van der Waals surface area contributed by atoms with Crippen LogP contribution in [0.3, 0.4) is 0 Å². The van der Waals surface area contributed by atoms with Gasteiger partial charge in [-0.25, -0.2) is 8.78 Å². The van der Waals surface area contributed by atoms with Crippen LogP contribution in [0, 0.1) is 24.5 Å². The first-order valence-electron chi connectivity index (χ1n) is 9.74. The highest BCUT2D eigenvalue weighted by atomic mass is 19.4. The maximum atomic E-state index is 14.2. The summed E-state index contributed by atoms with van der Waals surface area (Å²) in [7, 11) is 0. The van der Waals surface area contributed by atoms with Crippen LogP contribution < -0.4 is 5.32 Å². The van der Waals surface area contributed by atoms with Crippen molar-refractivity contribution in [1.82, 2.24) is 4.90 Å². The minimum atomic E-state index is -4.90. The van der Waals surface area contributed by atoms with E-state index in [1.807, 2.05) is 0 Å². The minimum Gasteiger partial charge on any atom is -0.335 e. The molecule has 0 aromatic heterocycles. The maximum Gasteiger partial charge on any atom is 0.419 e. The molecule has 1 N–H and O–H groups in total. The van der Waals surface area contributed by atoms with Crippen LogP contribution in [-0.2, 0) is 11.0 Å². The number of halogens is 5. The number of alkyl halides is 3. The van der Waals surface area contributed by atoms with E-state index in [1.165, 1.54) is 17.0 Å². The third-order valence-corrected chi connectivity index (χ3v) is 5.56. The van der Waals surface area contributed by atoms with E-state index in [9.17, 15) is 31.5 Å². The van der Waals surface area contributed by atoms with Crippen LogP contribution in [0.4, 0.5) is 27.6 Å². The molecule has 0 spiro atoms. The second kappa shape index (κ2) is 8.64. The number of aryl methyl sites for hydroxylation is 1. The minimum absolute atomic E-state index is 0.0660. The lowest BCUT2D eigenvalue weighted by Crippen LogP contribution is -2.50. The quantitative estimate of drug-likeness (QED) is 0.670. The molecule has 0 saturated carbocycles. The summed E-state index contributed by atoms with van der Waals surface area (Å²) in [5.41, 5.74) is -1.27. The van der Waals surface area contributed by atoms with E-state index >= 15 is 0 Å². The average molecular weight is 440 g/mol. The number of hydrogen-bond acceptors (Lipinski definition) is 2. The van der Waals surface area contributed by atoms with E-state index in [2.05, 4.69) is 5.32 Å². The van der Waals surface area contributed by atoms with Gasteiger partial charge in [0.05, 0.1) is 17.0 Å². The number of likely N-dealkylation sites (tertiary alicyclic amines) is 1. The molecule has 4 nitrogen and oxygen atoms in total. The van der Waals surface area contributed by atoms with Gasteiger partial charge in [0.1, 0.15) is 11.6 Å². The van der Waals surface area contributed by atoms with Crippen molar-refractivity contribution in [2.45, 2.75) is 38.9 Å². The van der Waals surface area contributed by atoms with Crippen LogP contribution in [0.15, 0.2) is 36.4 Å². The Bertz CT molecular complexity index is 986. The Kier molecular flexibility index (Phi) is 6.33. The molecule has 0 aliphatic carbocycles. The molecule has 1 saturated heterocycles. The first kappa shape index (κ1) is 22.7. The van der Waals surface area contributed by atoms with E-state index in [1.54, 1.807) is 19.9 Å². The summed E-state index contributed by atoms with van der Waals surface area (Å²) in [6.07, 6.45) is -4.02. The average Bonchev–Trinajstić information content (AvgIpc) is 2.68. The number of benzene rings is 2. The van der Waals surface area contributed by atoms with Crippen molar-refractivity contribution in [2.24, 2.45) is 5.92 Å². The Hall–Kier alpha value is -2.97. The third-order valence-electron chi connectivity index (χ3n) is 5.56. The molecular weight excluding hydrogens is 419 g/mol. The van der Waals surface area contributed by atoms with Crippen molar-refractivity contribution < 1.29 is 31.5 Å². The van der Waals surface area contributed by atoms with Crippen molar-refractivity contribution >= 4 is 17.5 Å². The number of rotatable bonds is 3. The monoisotopic (exact) mass is 440 g/mol.